The van der Waals surface area contributed by atoms with Crippen LogP contribution in [0.5, 0.6) is 0 Å². The van der Waals surface area contributed by atoms with Gasteiger partial charge in [-0.1, -0.05) is 13.8 Å². The zero-order valence-corrected chi connectivity index (χ0v) is 14.8. The first kappa shape index (κ1) is 17.8. The fourth-order valence-corrected chi connectivity index (χ4v) is 2.32. The van der Waals surface area contributed by atoms with E-state index in [1.54, 1.807) is 12.3 Å². The fraction of sp³-hybridized carbons (Fsp3) is 0.368. The lowest BCUT2D eigenvalue weighted by Gasteiger charge is -2.21. The van der Waals surface area contributed by atoms with Crippen LogP contribution in [0.2, 0.25) is 0 Å². The second-order valence-electron chi connectivity index (χ2n) is 5.92. The van der Waals surface area contributed by atoms with Crippen LogP contribution >= 0.6 is 0 Å². The smallest absolute Gasteiger partial charge is 0.228 e. The monoisotopic (exact) mass is 326 g/mol. The second kappa shape index (κ2) is 8.34. The molecule has 5 heteroatoms. The fourth-order valence-electron chi connectivity index (χ4n) is 2.32. The first-order valence-electron chi connectivity index (χ1n) is 8.42. The number of hydrogen-bond acceptors (Lipinski definition) is 4. The summed E-state index contributed by atoms with van der Waals surface area (Å²) in [5, 5.41) is 6.10. The van der Waals surface area contributed by atoms with Crippen molar-refractivity contribution in [2.24, 2.45) is 5.92 Å². The molecule has 0 aliphatic carbocycles. The first-order chi connectivity index (χ1) is 11.5. The summed E-state index contributed by atoms with van der Waals surface area (Å²) in [6.45, 7) is 10.0. The van der Waals surface area contributed by atoms with E-state index in [9.17, 15) is 4.79 Å². The molecule has 2 rings (SSSR count). The lowest BCUT2D eigenvalue weighted by Crippen LogP contribution is -2.21. The Morgan fingerprint density at radius 3 is 2.17 bits per heavy atom. The summed E-state index contributed by atoms with van der Waals surface area (Å²) in [5.41, 5.74) is 3.11. The quantitative estimate of drug-likeness (QED) is 0.798. The van der Waals surface area contributed by atoms with Crippen molar-refractivity contribution in [2.45, 2.75) is 27.7 Å². The summed E-state index contributed by atoms with van der Waals surface area (Å²) >= 11 is 0. The molecule has 2 N–H and O–H groups in total. The Labute approximate surface area is 144 Å². The molecule has 1 aromatic heterocycles. The molecule has 1 amide bonds. The molecule has 5 nitrogen and oxygen atoms in total. The maximum absolute atomic E-state index is 11.7. The van der Waals surface area contributed by atoms with E-state index in [2.05, 4.69) is 58.6 Å². The normalized spacial score (nSPS) is 10.5. The largest absolute Gasteiger partial charge is 0.372 e. The lowest BCUT2D eigenvalue weighted by atomic mass is 10.2. The second-order valence-corrected chi connectivity index (χ2v) is 5.92. The average Bonchev–Trinajstić information content (AvgIpc) is 2.59. The van der Waals surface area contributed by atoms with E-state index >= 15 is 0 Å². The van der Waals surface area contributed by atoms with E-state index in [1.165, 1.54) is 5.69 Å². The molecule has 0 unspecified atom stereocenters. The van der Waals surface area contributed by atoms with Gasteiger partial charge in [-0.2, -0.15) is 0 Å². The van der Waals surface area contributed by atoms with Gasteiger partial charge in [0.25, 0.3) is 0 Å². The maximum Gasteiger partial charge on any atom is 0.228 e. The van der Waals surface area contributed by atoms with Crippen LogP contribution < -0.4 is 15.5 Å². The molecule has 2 aromatic rings. The zero-order valence-electron chi connectivity index (χ0n) is 14.8. The van der Waals surface area contributed by atoms with Crippen molar-refractivity contribution in [1.82, 2.24) is 4.98 Å². The highest BCUT2D eigenvalue weighted by Crippen LogP contribution is 2.21. The maximum atomic E-state index is 11.7. The molecule has 0 spiro atoms. The van der Waals surface area contributed by atoms with Gasteiger partial charge in [0.2, 0.25) is 5.91 Å². The van der Waals surface area contributed by atoms with Crippen LogP contribution in [0.25, 0.3) is 0 Å². The third-order valence-corrected chi connectivity index (χ3v) is 3.82. The highest BCUT2D eigenvalue weighted by molar-refractivity contribution is 5.91. The van der Waals surface area contributed by atoms with Gasteiger partial charge < -0.3 is 15.5 Å². The van der Waals surface area contributed by atoms with Gasteiger partial charge in [0.15, 0.2) is 0 Å². The number of anilines is 4. The Balaban J connectivity index is 1.99. The molecular formula is C19H26N4O. The Morgan fingerprint density at radius 1 is 1.04 bits per heavy atom. The predicted octanol–water partition coefficient (Wildman–Crippen LogP) is 4.27. The summed E-state index contributed by atoms with van der Waals surface area (Å²) < 4.78 is 0. The topological polar surface area (TPSA) is 57.3 Å². The number of benzene rings is 1. The molecule has 0 aliphatic heterocycles. The summed E-state index contributed by atoms with van der Waals surface area (Å²) in [7, 11) is 0. The molecule has 0 atom stereocenters. The minimum Gasteiger partial charge on any atom is -0.372 e. The molecule has 0 aliphatic rings. The van der Waals surface area contributed by atoms with Gasteiger partial charge in [0.1, 0.15) is 5.82 Å². The van der Waals surface area contributed by atoms with Gasteiger partial charge in [-0.15, -0.1) is 0 Å². The van der Waals surface area contributed by atoms with Gasteiger partial charge in [0.05, 0.1) is 11.9 Å². The molecule has 0 fully saturated rings. The number of carbonyl (C=O) groups excluding carboxylic acids is 1. The van der Waals surface area contributed by atoms with Gasteiger partial charge in [-0.3, -0.25) is 4.79 Å². The van der Waals surface area contributed by atoms with E-state index in [4.69, 9.17) is 0 Å². The Kier molecular flexibility index (Phi) is 6.18. The molecule has 0 saturated carbocycles. The van der Waals surface area contributed by atoms with Crippen molar-refractivity contribution in [3.63, 3.8) is 0 Å². The van der Waals surface area contributed by atoms with E-state index in [0.717, 1.165) is 24.5 Å². The van der Waals surface area contributed by atoms with E-state index < -0.39 is 0 Å². The van der Waals surface area contributed by atoms with Crippen LogP contribution in [0.1, 0.15) is 27.7 Å². The number of nitrogens with one attached hydrogen (secondary N) is 2. The van der Waals surface area contributed by atoms with E-state index in [-0.39, 0.29) is 11.8 Å². The van der Waals surface area contributed by atoms with Gasteiger partial charge in [-0.05, 0) is 50.2 Å². The highest BCUT2D eigenvalue weighted by atomic mass is 16.1. The predicted molar refractivity (Wildman–Crippen MR) is 101 cm³/mol. The van der Waals surface area contributed by atoms with E-state index in [0.29, 0.717) is 5.82 Å². The van der Waals surface area contributed by atoms with Gasteiger partial charge in [-0.25, -0.2) is 4.98 Å². The Hall–Kier alpha value is -2.56. The van der Waals surface area contributed by atoms with E-state index in [1.807, 2.05) is 19.9 Å². The Morgan fingerprint density at radius 2 is 1.67 bits per heavy atom. The van der Waals surface area contributed by atoms with Crippen LogP contribution in [-0.4, -0.2) is 24.0 Å². The number of rotatable bonds is 7. The summed E-state index contributed by atoms with van der Waals surface area (Å²) in [4.78, 5) is 18.2. The number of pyridine rings is 1. The van der Waals surface area contributed by atoms with Crippen molar-refractivity contribution in [3.8, 4) is 0 Å². The van der Waals surface area contributed by atoms with Gasteiger partial charge >= 0.3 is 0 Å². The number of hydrogen-bond donors (Lipinski definition) is 2. The van der Waals surface area contributed by atoms with Crippen LogP contribution in [0, 0.1) is 5.92 Å². The van der Waals surface area contributed by atoms with Crippen molar-refractivity contribution in [3.05, 3.63) is 42.6 Å². The summed E-state index contributed by atoms with van der Waals surface area (Å²) in [5.74, 6) is 0.472. The minimum absolute atomic E-state index is 0.0322. The lowest BCUT2D eigenvalue weighted by molar-refractivity contribution is -0.118. The summed E-state index contributed by atoms with van der Waals surface area (Å²) in [6, 6.07) is 12.0. The van der Waals surface area contributed by atoms with Crippen molar-refractivity contribution < 1.29 is 4.79 Å². The standard InChI is InChI=1S/C19H26N4O/c1-5-23(6-2)17-10-7-15(8-11-17)21-16-9-12-18(20-13-16)22-19(24)14(3)4/h7-14,21H,5-6H2,1-4H3,(H,20,22,24). The highest BCUT2D eigenvalue weighted by Gasteiger charge is 2.07. The molecule has 0 bridgehead atoms. The summed E-state index contributed by atoms with van der Waals surface area (Å²) in [6.07, 6.45) is 1.72. The molecule has 1 heterocycles. The third kappa shape index (κ3) is 4.72. The van der Waals surface area contributed by atoms with Crippen LogP contribution in [0.3, 0.4) is 0 Å². The number of amides is 1. The zero-order chi connectivity index (χ0) is 17.5. The van der Waals surface area contributed by atoms with Crippen LogP contribution in [0.4, 0.5) is 22.9 Å². The van der Waals surface area contributed by atoms with Crippen LogP contribution in [-0.2, 0) is 4.79 Å². The van der Waals surface area contributed by atoms with Gasteiger partial charge in [0, 0.05) is 30.4 Å². The SMILES string of the molecule is CCN(CC)c1ccc(Nc2ccc(NC(=O)C(C)C)nc2)cc1. The third-order valence-electron chi connectivity index (χ3n) is 3.82. The Bertz CT molecular complexity index is 646. The number of carbonyl (C=O) groups is 1. The molecule has 24 heavy (non-hydrogen) atoms. The molecular weight excluding hydrogens is 300 g/mol. The number of aromatic nitrogens is 1. The molecule has 0 radical (unpaired) electrons. The van der Waals surface area contributed by atoms with Crippen molar-refractivity contribution >= 4 is 28.8 Å². The molecule has 0 saturated heterocycles. The molecule has 1 aromatic carbocycles. The minimum atomic E-state index is -0.0612. The average molecular weight is 326 g/mol. The van der Waals surface area contributed by atoms with Crippen molar-refractivity contribution in [2.75, 3.05) is 28.6 Å². The van der Waals surface area contributed by atoms with Crippen molar-refractivity contribution in [1.29, 1.82) is 0 Å². The number of nitrogens with zero attached hydrogens (tertiary/aromatic N) is 2. The molecule has 128 valence electrons. The first-order valence-corrected chi connectivity index (χ1v) is 8.42. The van der Waals surface area contributed by atoms with Crippen LogP contribution in [0.15, 0.2) is 42.6 Å².